The van der Waals surface area contributed by atoms with E-state index in [1.165, 1.54) is 18.3 Å². The van der Waals surface area contributed by atoms with Gasteiger partial charge >= 0.3 is 10.1 Å². The molecule has 4 rings (SSSR count). The SMILES string of the molecule is CN[C@@H]1[C@H](O)[C@H](NC)[C@H]2O[C@]3(O)[C@H](O[C@@H]2[C@H]1O)O[C@H](C)C[C@H]3NC(=O)Cc1ccc(OS(C)(=O)=O)cn1. The highest BCUT2D eigenvalue weighted by Crippen LogP contribution is 2.42. The summed E-state index contributed by atoms with van der Waals surface area (Å²) in [7, 11) is -0.481. The molecule has 0 bridgehead atoms. The zero-order chi connectivity index (χ0) is 27.1. The van der Waals surface area contributed by atoms with Crippen molar-refractivity contribution >= 4 is 16.0 Å². The number of nitrogens with one attached hydrogen (secondary N) is 3. The van der Waals surface area contributed by atoms with Gasteiger partial charge in [-0.1, -0.05) is 0 Å². The van der Waals surface area contributed by atoms with Gasteiger partial charge in [0.2, 0.25) is 18.0 Å². The lowest BCUT2D eigenvalue weighted by molar-refractivity contribution is -0.449. The fourth-order valence-corrected chi connectivity index (χ4v) is 5.61. The molecule has 2 aliphatic heterocycles. The third kappa shape index (κ3) is 5.74. The van der Waals surface area contributed by atoms with Crippen LogP contribution in [0.5, 0.6) is 5.75 Å². The van der Waals surface area contributed by atoms with E-state index in [1.807, 2.05) is 0 Å². The first-order chi connectivity index (χ1) is 17.4. The van der Waals surface area contributed by atoms with Crippen molar-refractivity contribution in [2.24, 2.45) is 0 Å². The zero-order valence-electron chi connectivity index (χ0n) is 20.9. The first-order valence-electron chi connectivity index (χ1n) is 11.9. The highest BCUT2D eigenvalue weighted by atomic mass is 32.2. The highest BCUT2D eigenvalue weighted by molar-refractivity contribution is 7.86. The topological polar surface area (TPSA) is 198 Å². The Labute approximate surface area is 214 Å². The Bertz CT molecular complexity index is 1080. The summed E-state index contributed by atoms with van der Waals surface area (Å²) in [6, 6.07) is 0.465. The van der Waals surface area contributed by atoms with E-state index in [9.17, 15) is 28.5 Å². The van der Waals surface area contributed by atoms with Crippen LogP contribution in [0, 0.1) is 0 Å². The average molecular weight is 547 g/mol. The summed E-state index contributed by atoms with van der Waals surface area (Å²) in [5.74, 6) is -2.57. The molecule has 15 heteroatoms. The van der Waals surface area contributed by atoms with E-state index in [0.717, 1.165) is 6.26 Å². The molecule has 3 aliphatic rings. The van der Waals surface area contributed by atoms with Crippen LogP contribution in [0.25, 0.3) is 0 Å². The molecule has 0 radical (unpaired) electrons. The standard InChI is InChI=1S/C22H34N4O10S/c1-10-7-13(26-14(27)8-11-5-6-12(9-25-11)36-37(4,31)32)22(30)21(33-10)34-20-18(29)15(23-2)17(28)16(24-3)19(20)35-22/h5-6,9-10,13,15-21,23-24,28-30H,7-8H2,1-4H3,(H,26,27)/t10-,13-,15-,16+,17+,18+,19-,20-,21+,22+/m1/s1. The van der Waals surface area contributed by atoms with Crippen LogP contribution in [-0.4, -0.2) is 116 Å². The molecule has 37 heavy (non-hydrogen) atoms. The van der Waals surface area contributed by atoms with Crippen molar-refractivity contribution in [2.45, 2.75) is 80.5 Å². The van der Waals surface area contributed by atoms with E-state index in [4.69, 9.17) is 18.4 Å². The predicted molar refractivity (Wildman–Crippen MR) is 127 cm³/mol. The maximum Gasteiger partial charge on any atom is 0.306 e. The third-order valence-electron chi connectivity index (χ3n) is 6.87. The number of nitrogens with zero attached hydrogens (tertiary/aromatic N) is 1. The molecule has 6 N–H and O–H groups in total. The van der Waals surface area contributed by atoms with Crippen LogP contribution < -0.4 is 20.1 Å². The number of pyridine rings is 1. The smallest absolute Gasteiger partial charge is 0.306 e. The second kappa shape index (κ2) is 10.7. The Morgan fingerprint density at radius 1 is 1.16 bits per heavy atom. The van der Waals surface area contributed by atoms with Crippen LogP contribution in [0.1, 0.15) is 19.0 Å². The number of hydrogen-bond donors (Lipinski definition) is 6. The molecule has 0 aromatic carbocycles. The molecule has 1 aromatic heterocycles. The van der Waals surface area contributed by atoms with E-state index in [-0.39, 0.29) is 18.6 Å². The van der Waals surface area contributed by atoms with E-state index >= 15 is 0 Å². The second-order valence-electron chi connectivity index (χ2n) is 9.63. The molecule has 10 atom stereocenters. The molecule has 0 unspecified atom stereocenters. The van der Waals surface area contributed by atoms with E-state index in [1.54, 1.807) is 21.0 Å². The van der Waals surface area contributed by atoms with Crippen molar-refractivity contribution in [3.05, 3.63) is 24.0 Å². The third-order valence-corrected chi connectivity index (χ3v) is 7.37. The Hall–Kier alpha value is -1.95. The van der Waals surface area contributed by atoms with Gasteiger partial charge in [-0.2, -0.15) is 8.42 Å². The number of aliphatic hydroxyl groups excluding tert-OH is 2. The van der Waals surface area contributed by atoms with Crippen LogP contribution in [0.3, 0.4) is 0 Å². The van der Waals surface area contributed by atoms with Crippen molar-refractivity contribution in [1.29, 1.82) is 0 Å². The number of likely N-dealkylation sites (N-methyl/N-ethyl adjacent to an activating group) is 2. The van der Waals surface area contributed by atoms with Crippen LogP contribution in [0.2, 0.25) is 0 Å². The minimum Gasteiger partial charge on any atom is -0.390 e. The summed E-state index contributed by atoms with van der Waals surface area (Å²) in [5.41, 5.74) is 0.342. The molecule has 0 spiro atoms. The molecule has 1 amide bonds. The molecule has 1 aliphatic carbocycles. The molecule has 3 fully saturated rings. The van der Waals surface area contributed by atoms with Crippen molar-refractivity contribution in [3.63, 3.8) is 0 Å². The number of carbonyl (C=O) groups is 1. The first kappa shape index (κ1) is 28.1. The fraction of sp³-hybridized carbons (Fsp3) is 0.727. The maximum atomic E-state index is 12.9. The van der Waals surface area contributed by atoms with Crippen LogP contribution in [0.4, 0.5) is 0 Å². The van der Waals surface area contributed by atoms with Gasteiger partial charge in [0.05, 0.1) is 49.2 Å². The van der Waals surface area contributed by atoms with Gasteiger partial charge in [0.15, 0.2) is 5.75 Å². The molecule has 1 saturated carbocycles. The van der Waals surface area contributed by atoms with Gasteiger partial charge in [-0.15, -0.1) is 0 Å². The van der Waals surface area contributed by atoms with Crippen LogP contribution >= 0.6 is 0 Å². The minimum absolute atomic E-state index is 0.0147. The van der Waals surface area contributed by atoms with Crippen LogP contribution in [-0.2, 0) is 35.5 Å². The van der Waals surface area contributed by atoms with Crippen molar-refractivity contribution in [2.75, 3.05) is 20.4 Å². The lowest BCUT2D eigenvalue weighted by atomic mass is 9.79. The Kier molecular flexibility index (Phi) is 8.09. The average Bonchev–Trinajstić information content (AvgIpc) is 2.80. The summed E-state index contributed by atoms with van der Waals surface area (Å²) in [6.07, 6.45) is -3.71. The molecular formula is C22H34N4O10S. The fourth-order valence-electron chi connectivity index (χ4n) is 5.17. The Morgan fingerprint density at radius 3 is 2.46 bits per heavy atom. The van der Waals surface area contributed by atoms with Gasteiger partial charge in [-0.05, 0) is 39.6 Å². The van der Waals surface area contributed by atoms with E-state index in [2.05, 4.69) is 20.9 Å². The molecule has 2 saturated heterocycles. The summed E-state index contributed by atoms with van der Waals surface area (Å²) in [5, 5.41) is 41.8. The van der Waals surface area contributed by atoms with Crippen molar-refractivity contribution < 1.29 is 46.9 Å². The monoisotopic (exact) mass is 546 g/mol. The summed E-state index contributed by atoms with van der Waals surface area (Å²) in [4.78, 5) is 16.9. The van der Waals surface area contributed by atoms with Crippen molar-refractivity contribution in [1.82, 2.24) is 20.9 Å². The van der Waals surface area contributed by atoms with Gasteiger partial charge in [0.25, 0.3) is 0 Å². The number of ether oxygens (including phenoxy) is 3. The maximum absolute atomic E-state index is 12.9. The molecule has 3 heterocycles. The number of amides is 1. The first-order valence-corrected chi connectivity index (χ1v) is 13.7. The Morgan fingerprint density at radius 2 is 1.86 bits per heavy atom. The molecule has 14 nitrogen and oxygen atoms in total. The normalized spacial score (nSPS) is 39.8. The molecule has 208 valence electrons. The lowest BCUT2D eigenvalue weighted by Crippen LogP contribution is -2.79. The number of rotatable bonds is 7. The largest absolute Gasteiger partial charge is 0.390 e. The quantitative estimate of drug-likeness (QED) is 0.189. The predicted octanol–water partition coefficient (Wildman–Crippen LogP) is -3.03. The molecular weight excluding hydrogens is 512 g/mol. The number of aromatic nitrogens is 1. The molecule has 1 aromatic rings. The zero-order valence-corrected chi connectivity index (χ0v) is 21.7. The van der Waals surface area contributed by atoms with Crippen molar-refractivity contribution in [3.8, 4) is 5.75 Å². The number of carbonyl (C=O) groups excluding carboxylic acids is 1. The Balaban J connectivity index is 1.49. The second-order valence-corrected chi connectivity index (χ2v) is 11.2. The van der Waals surface area contributed by atoms with Gasteiger partial charge in [-0.3, -0.25) is 9.78 Å². The van der Waals surface area contributed by atoms with Gasteiger partial charge in [0.1, 0.15) is 18.3 Å². The van der Waals surface area contributed by atoms with Gasteiger partial charge in [-0.25, -0.2) is 0 Å². The van der Waals surface area contributed by atoms with Gasteiger partial charge < -0.3 is 49.7 Å². The highest BCUT2D eigenvalue weighted by Gasteiger charge is 2.63. The summed E-state index contributed by atoms with van der Waals surface area (Å²) < 4.78 is 45.1. The number of fused-ring (bicyclic) bond motifs is 2. The lowest BCUT2D eigenvalue weighted by Gasteiger charge is -2.58. The van der Waals surface area contributed by atoms with Gasteiger partial charge in [0, 0.05) is 5.69 Å². The number of hydrogen-bond acceptors (Lipinski definition) is 13. The van der Waals surface area contributed by atoms with Crippen LogP contribution in [0.15, 0.2) is 18.3 Å². The number of aliphatic hydroxyl groups is 3. The summed E-state index contributed by atoms with van der Waals surface area (Å²) >= 11 is 0. The minimum atomic E-state index is -3.71. The van der Waals surface area contributed by atoms with E-state index < -0.39 is 76.7 Å². The van der Waals surface area contributed by atoms with E-state index in [0.29, 0.717) is 5.69 Å². The summed E-state index contributed by atoms with van der Waals surface area (Å²) in [6.45, 7) is 1.75.